The molecule has 21 heavy (non-hydrogen) atoms. The number of benzene rings is 1. The monoisotopic (exact) mass is 312 g/mol. The number of rotatable bonds is 3. The largest absolute Gasteiger partial charge is 0.289 e. The lowest BCUT2D eigenvalue weighted by atomic mass is 9.90. The van der Waals surface area contributed by atoms with Crippen molar-refractivity contribution in [1.82, 2.24) is 4.31 Å². The molecule has 0 amide bonds. The molecule has 1 atom stereocenters. The number of piperidine rings is 1. The van der Waals surface area contributed by atoms with Gasteiger partial charge in [-0.2, -0.15) is 4.31 Å². The van der Waals surface area contributed by atoms with Crippen LogP contribution >= 0.6 is 0 Å². The molecular formula is C14H20N2O4S. The average molecular weight is 312 g/mol. The lowest BCUT2D eigenvalue weighted by Crippen LogP contribution is -2.54. The minimum absolute atomic E-state index is 0.168. The highest BCUT2D eigenvalue weighted by molar-refractivity contribution is 7.89. The maximum absolute atomic E-state index is 13.0. The van der Waals surface area contributed by atoms with Gasteiger partial charge < -0.3 is 0 Å². The Morgan fingerprint density at radius 3 is 2.52 bits per heavy atom. The molecule has 1 fully saturated rings. The Morgan fingerprint density at radius 2 is 1.95 bits per heavy atom. The van der Waals surface area contributed by atoms with E-state index in [9.17, 15) is 18.5 Å². The molecule has 0 spiro atoms. The summed E-state index contributed by atoms with van der Waals surface area (Å²) in [6.07, 6.45) is 2.47. The van der Waals surface area contributed by atoms with E-state index in [-0.39, 0.29) is 16.6 Å². The fourth-order valence-corrected chi connectivity index (χ4v) is 5.34. The van der Waals surface area contributed by atoms with Gasteiger partial charge in [0, 0.05) is 17.6 Å². The molecule has 2 rings (SSSR count). The Kier molecular flexibility index (Phi) is 4.08. The highest BCUT2D eigenvalue weighted by Crippen LogP contribution is 2.38. The fraction of sp³-hybridized carbons (Fsp3) is 0.571. The topological polar surface area (TPSA) is 80.5 Å². The van der Waals surface area contributed by atoms with E-state index in [2.05, 4.69) is 0 Å². The molecule has 116 valence electrons. The van der Waals surface area contributed by atoms with Crippen molar-refractivity contribution in [3.05, 3.63) is 34.4 Å². The Balaban J connectivity index is 2.59. The van der Waals surface area contributed by atoms with Gasteiger partial charge in [-0.25, -0.2) is 8.42 Å². The standard InChI is InChI=1S/C14H20N2O4S/c1-11-7-6-10-14(2,3)15(11)21(19,20)13-9-5-4-8-12(13)16(17)18/h4-5,8-9,11H,6-7,10H2,1-3H3. The van der Waals surface area contributed by atoms with Gasteiger partial charge in [0.15, 0.2) is 4.90 Å². The van der Waals surface area contributed by atoms with Crippen molar-refractivity contribution in [2.24, 2.45) is 0 Å². The fourth-order valence-electron chi connectivity index (χ4n) is 3.15. The molecule has 1 saturated heterocycles. The molecule has 0 bridgehead atoms. The van der Waals surface area contributed by atoms with Crippen LogP contribution in [-0.2, 0) is 10.0 Å². The van der Waals surface area contributed by atoms with Crippen molar-refractivity contribution in [1.29, 1.82) is 0 Å². The van der Waals surface area contributed by atoms with Gasteiger partial charge in [-0.15, -0.1) is 0 Å². The van der Waals surface area contributed by atoms with E-state index < -0.39 is 20.5 Å². The molecule has 1 heterocycles. The summed E-state index contributed by atoms with van der Waals surface area (Å²) in [6.45, 7) is 5.59. The summed E-state index contributed by atoms with van der Waals surface area (Å²) in [4.78, 5) is 10.2. The minimum Gasteiger partial charge on any atom is -0.258 e. The second-order valence-corrected chi connectivity index (χ2v) is 7.86. The van der Waals surface area contributed by atoms with E-state index in [0.717, 1.165) is 19.3 Å². The van der Waals surface area contributed by atoms with Crippen LogP contribution in [-0.4, -0.2) is 29.2 Å². The van der Waals surface area contributed by atoms with E-state index in [1.165, 1.54) is 28.6 Å². The van der Waals surface area contributed by atoms with E-state index >= 15 is 0 Å². The number of sulfonamides is 1. The molecule has 6 nitrogen and oxygen atoms in total. The van der Waals surface area contributed by atoms with Crippen molar-refractivity contribution in [3.8, 4) is 0 Å². The molecule has 0 aliphatic carbocycles. The summed E-state index contributed by atoms with van der Waals surface area (Å²) in [5.41, 5.74) is -0.911. The summed E-state index contributed by atoms with van der Waals surface area (Å²) in [7, 11) is -3.90. The van der Waals surface area contributed by atoms with Gasteiger partial charge in [-0.3, -0.25) is 10.1 Å². The third-order valence-corrected chi connectivity index (χ3v) is 6.28. The van der Waals surface area contributed by atoms with E-state index in [1.807, 2.05) is 20.8 Å². The predicted octanol–water partition coefficient (Wildman–Crippen LogP) is 2.94. The molecule has 1 aliphatic rings. The zero-order valence-corrected chi connectivity index (χ0v) is 13.3. The third kappa shape index (κ3) is 2.80. The Hall–Kier alpha value is -1.47. The van der Waals surface area contributed by atoms with E-state index in [0.29, 0.717) is 0 Å². The quantitative estimate of drug-likeness (QED) is 0.635. The molecule has 0 N–H and O–H groups in total. The highest BCUT2D eigenvalue weighted by Gasteiger charge is 2.44. The molecular weight excluding hydrogens is 292 g/mol. The van der Waals surface area contributed by atoms with Crippen LogP contribution in [0.4, 0.5) is 5.69 Å². The Labute approximate surface area is 125 Å². The van der Waals surface area contributed by atoms with Crippen LogP contribution in [0.25, 0.3) is 0 Å². The SMILES string of the molecule is CC1CCCC(C)(C)N1S(=O)(=O)c1ccccc1[N+](=O)[O-]. The molecule has 0 aromatic heterocycles. The van der Waals surface area contributed by atoms with Crippen LogP contribution < -0.4 is 0 Å². The van der Waals surface area contributed by atoms with E-state index in [1.54, 1.807) is 0 Å². The normalized spacial score (nSPS) is 22.9. The van der Waals surface area contributed by atoms with Crippen LogP contribution in [0.15, 0.2) is 29.2 Å². The number of para-hydroxylation sites is 1. The molecule has 1 unspecified atom stereocenters. The first-order valence-corrected chi connectivity index (χ1v) is 8.40. The summed E-state index contributed by atoms with van der Waals surface area (Å²) in [5.74, 6) is 0. The zero-order chi connectivity index (χ0) is 15.8. The molecule has 7 heteroatoms. The van der Waals surface area contributed by atoms with Gasteiger partial charge in [0.1, 0.15) is 0 Å². The maximum atomic E-state index is 13.0. The highest BCUT2D eigenvalue weighted by atomic mass is 32.2. The summed E-state index contributed by atoms with van der Waals surface area (Å²) in [6, 6.07) is 5.36. The molecule has 0 radical (unpaired) electrons. The first-order chi connectivity index (χ1) is 9.68. The van der Waals surface area contributed by atoms with Gasteiger partial charge in [0.2, 0.25) is 0 Å². The molecule has 1 aliphatic heterocycles. The minimum atomic E-state index is -3.90. The van der Waals surface area contributed by atoms with E-state index in [4.69, 9.17) is 0 Å². The van der Waals surface area contributed by atoms with Gasteiger partial charge in [0.05, 0.1) is 4.92 Å². The Morgan fingerprint density at radius 1 is 1.33 bits per heavy atom. The van der Waals surface area contributed by atoms with Crippen molar-refractivity contribution in [3.63, 3.8) is 0 Å². The second kappa shape index (κ2) is 5.38. The van der Waals surface area contributed by atoms with Crippen molar-refractivity contribution < 1.29 is 13.3 Å². The van der Waals surface area contributed by atoms with Gasteiger partial charge >= 0.3 is 0 Å². The first kappa shape index (κ1) is 15.9. The first-order valence-electron chi connectivity index (χ1n) is 6.96. The lowest BCUT2D eigenvalue weighted by molar-refractivity contribution is -0.387. The predicted molar refractivity (Wildman–Crippen MR) is 79.5 cm³/mol. The van der Waals surface area contributed by atoms with Crippen molar-refractivity contribution >= 4 is 15.7 Å². The van der Waals surface area contributed by atoms with Gasteiger partial charge in [-0.05, 0) is 39.7 Å². The number of nitro benzene ring substituents is 1. The van der Waals surface area contributed by atoms with Crippen molar-refractivity contribution in [2.45, 2.75) is 56.5 Å². The number of nitrogens with zero attached hydrogens (tertiary/aromatic N) is 2. The zero-order valence-electron chi connectivity index (χ0n) is 12.4. The molecule has 1 aromatic carbocycles. The maximum Gasteiger partial charge on any atom is 0.289 e. The van der Waals surface area contributed by atoms with Crippen LogP contribution in [0.3, 0.4) is 0 Å². The molecule has 0 saturated carbocycles. The Bertz CT molecular complexity index is 655. The number of hydrogen-bond donors (Lipinski definition) is 0. The third-order valence-electron chi connectivity index (χ3n) is 4.01. The van der Waals surface area contributed by atoms with Crippen molar-refractivity contribution in [2.75, 3.05) is 0 Å². The summed E-state index contributed by atoms with van der Waals surface area (Å²) >= 11 is 0. The van der Waals surface area contributed by atoms with Crippen LogP contribution in [0, 0.1) is 10.1 Å². The van der Waals surface area contributed by atoms with Gasteiger partial charge in [-0.1, -0.05) is 18.6 Å². The average Bonchev–Trinajstić information content (AvgIpc) is 2.37. The number of nitro groups is 1. The number of hydrogen-bond acceptors (Lipinski definition) is 4. The van der Waals surface area contributed by atoms with Crippen LogP contribution in [0.2, 0.25) is 0 Å². The van der Waals surface area contributed by atoms with Crippen LogP contribution in [0.5, 0.6) is 0 Å². The summed E-state index contributed by atoms with van der Waals surface area (Å²) < 4.78 is 27.4. The molecule has 1 aromatic rings. The summed E-state index contributed by atoms with van der Waals surface area (Å²) in [5, 5.41) is 11.1. The van der Waals surface area contributed by atoms with Gasteiger partial charge in [0.25, 0.3) is 15.7 Å². The second-order valence-electron chi connectivity index (χ2n) is 6.08. The van der Waals surface area contributed by atoms with Crippen LogP contribution in [0.1, 0.15) is 40.0 Å². The smallest absolute Gasteiger partial charge is 0.258 e. The lowest BCUT2D eigenvalue weighted by Gasteiger charge is -2.45.